The van der Waals surface area contributed by atoms with E-state index in [-0.39, 0.29) is 0 Å². The number of amidine groups is 1. The van der Waals surface area contributed by atoms with Gasteiger partial charge < -0.3 is 5.73 Å². The van der Waals surface area contributed by atoms with E-state index in [1.165, 1.54) is 22.3 Å². The molecule has 0 fully saturated rings. The number of benzene rings is 2. The summed E-state index contributed by atoms with van der Waals surface area (Å²) in [5.74, 6) is 0.571. The van der Waals surface area contributed by atoms with Crippen molar-refractivity contribution >= 4 is 5.84 Å². The number of aliphatic imine (C=N–C) groups is 1. The maximum Gasteiger partial charge on any atom is 0.125 e. The molecular weight excluding hydrogens is 220 g/mol. The molecule has 2 aromatic carbocycles. The molecular formula is C16H18N2. The number of rotatable bonds is 2. The van der Waals surface area contributed by atoms with Crippen LogP contribution < -0.4 is 5.73 Å². The molecule has 2 heteroatoms. The van der Waals surface area contributed by atoms with Crippen LogP contribution in [0, 0.1) is 13.8 Å². The molecule has 0 saturated carbocycles. The molecule has 0 unspecified atom stereocenters. The van der Waals surface area contributed by atoms with Crippen LogP contribution in [0.15, 0.2) is 47.5 Å². The number of hydrogen-bond acceptors (Lipinski definition) is 1. The fraction of sp³-hybridized carbons (Fsp3) is 0.188. The molecule has 0 heterocycles. The smallest absolute Gasteiger partial charge is 0.125 e. The Bertz CT molecular complexity index is 581. The Balaban J connectivity index is 2.40. The van der Waals surface area contributed by atoms with Gasteiger partial charge in [0.15, 0.2) is 0 Å². The van der Waals surface area contributed by atoms with E-state index in [0.29, 0.717) is 5.84 Å². The Morgan fingerprint density at radius 3 is 2.22 bits per heavy atom. The van der Waals surface area contributed by atoms with E-state index in [1.807, 2.05) is 12.1 Å². The molecule has 92 valence electrons. The van der Waals surface area contributed by atoms with Crippen LogP contribution in [-0.4, -0.2) is 12.9 Å². The molecule has 0 aliphatic carbocycles. The number of nitrogens with zero attached hydrogens (tertiary/aromatic N) is 1. The van der Waals surface area contributed by atoms with Crippen molar-refractivity contribution in [3.63, 3.8) is 0 Å². The van der Waals surface area contributed by atoms with Gasteiger partial charge in [0, 0.05) is 12.6 Å². The summed E-state index contributed by atoms with van der Waals surface area (Å²) < 4.78 is 0. The first-order chi connectivity index (χ1) is 8.61. The second-order valence-corrected chi connectivity index (χ2v) is 4.50. The lowest BCUT2D eigenvalue weighted by atomic mass is 9.98. The highest BCUT2D eigenvalue weighted by molar-refractivity contribution is 5.97. The molecule has 0 aliphatic heterocycles. The Morgan fingerprint density at radius 2 is 1.67 bits per heavy atom. The summed E-state index contributed by atoms with van der Waals surface area (Å²) in [6.07, 6.45) is 0. The first-order valence-electron chi connectivity index (χ1n) is 6.02. The molecule has 0 bridgehead atoms. The zero-order valence-electron chi connectivity index (χ0n) is 11.1. The topological polar surface area (TPSA) is 38.4 Å². The summed E-state index contributed by atoms with van der Waals surface area (Å²) in [7, 11) is 1.70. The minimum Gasteiger partial charge on any atom is -0.384 e. The average molecular weight is 238 g/mol. The molecule has 0 amide bonds. The van der Waals surface area contributed by atoms with Crippen molar-refractivity contribution in [2.45, 2.75) is 13.8 Å². The van der Waals surface area contributed by atoms with Crippen LogP contribution in [0.1, 0.15) is 16.7 Å². The van der Waals surface area contributed by atoms with E-state index in [4.69, 9.17) is 5.73 Å². The maximum atomic E-state index is 5.78. The summed E-state index contributed by atoms with van der Waals surface area (Å²) in [6.45, 7) is 4.25. The van der Waals surface area contributed by atoms with E-state index in [1.54, 1.807) is 7.05 Å². The lowest BCUT2D eigenvalue weighted by Crippen LogP contribution is -2.12. The fourth-order valence-electron chi connectivity index (χ4n) is 2.09. The normalized spacial score (nSPS) is 11.6. The zero-order chi connectivity index (χ0) is 13.1. The Hall–Kier alpha value is -2.09. The van der Waals surface area contributed by atoms with Crippen molar-refractivity contribution in [2.24, 2.45) is 10.7 Å². The summed E-state index contributed by atoms with van der Waals surface area (Å²) in [5, 5.41) is 0. The second-order valence-electron chi connectivity index (χ2n) is 4.50. The van der Waals surface area contributed by atoms with Gasteiger partial charge in [0.2, 0.25) is 0 Å². The summed E-state index contributed by atoms with van der Waals surface area (Å²) in [6, 6.07) is 14.7. The minimum atomic E-state index is 0.571. The number of nitrogens with two attached hydrogens (primary N) is 1. The third-order valence-electron chi connectivity index (χ3n) is 3.11. The van der Waals surface area contributed by atoms with Crippen molar-refractivity contribution in [1.29, 1.82) is 0 Å². The second kappa shape index (κ2) is 5.05. The third-order valence-corrected chi connectivity index (χ3v) is 3.11. The van der Waals surface area contributed by atoms with Gasteiger partial charge in [0.25, 0.3) is 0 Å². The molecule has 2 aromatic rings. The molecule has 18 heavy (non-hydrogen) atoms. The quantitative estimate of drug-likeness (QED) is 0.632. The molecule has 0 radical (unpaired) electrons. The van der Waals surface area contributed by atoms with Gasteiger partial charge in [-0.3, -0.25) is 4.99 Å². The first kappa shape index (κ1) is 12.4. The van der Waals surface area contributed by atoms with E-state index in [2.05, 4.69) is 49.2 Å². The highest BCUT2D eigenvalue weighted by Crippen LogP contribution is 2.24. The van der Waals surface area contributed by atoms with Gasteiger partial charge in [-0.2, -0.15) is 0 Å². The highest BCUT2D eigenvalue weighted by Gasteiger charge is 2.03. The average Bonchev–Trinajstić information content (AvgIpc) is 2.38. The van der Waals surface area contributed by atoms with Gasteiger partial charge in [0.05, 0.1) is 0 Å². The summed E-state index contributed by atoms with van der Waals surface area (Å²) in [4.78, 5) is 3.98. The molecule has 2 nitrogen and oxygen atoms in total. The largest absolute Gasteiger partial charge is 0.384 e. The molecule has 0 aromatic heterocycles. The van der Waals surface area contributed by atoms with Crippen LogP contribution in [0.25, 0.3) is 11.1 Å². The van der Waals surface area contributed by atoms with Crippen molar-refractivity contribution in [1.82, 2.24) is 0 Å². The van der Waals surface area contributed by atoms with Crippen LogP contribution in [0.2, 0.25) is 0 Å². The SMILES string of the molecule is CN=C(N)c1ccc(-c2ccc(C)cc2C)cc1. The maximum absolute atomic E-state index is 5.78. The van der Waals surface area contributed by atoms with Gasteiger partial charge in [-0.25, -0.2) is 0 Å². The molecule has 2 rings (SSSR count). The monoisotopic (exact) mass is 238 g/mol. The van der Waals surface area contributed by atoms with E-state index in [0.717, 1.165) is 5.56 Å². The Labute approximate surface area is 108 Å². The summed E-state index contributed by atoms with van der Waals surface area (Å²) >= 11 is 0. The fourth-order valence-corrected chi connectivity index (χ4v) is 2.09. The summed E-state index contributed by atoms with van der Waals surface area (Å²) in [5.41, 5.74) is 11.8. The molecule has 0 atom stereocenters. The lowest BCUT2D eigenvalue weighted by molar-refractivity contribution is 1.37. The standard InChI is InChI=1S/C16H18N2/c1-11-4-9-15(12(2)10-11)13-5-7-14(8-6-13)16(17)18-3/h4-10H,1-3H3,(H2,17,18). The van der Waals surface area contributed by atoms with Gasteiger partial charge in [-0.1, -0.05) is 48.0 Å². The van der Waals surface area contributed by atoms with Crippen LogP contribution in [-0.2, 0) is 0 Å². The zero-order valence-corrected chi connectivity index (χ0v) is 11.1. The molecule has 2 N–H and O–H groups in total. The van der Waals surface area contributed by atoms with Crippen molar-refractivity contribution in [3.8, 4) is 11.1 Å². The highest BCUT2D eigenvalue weighted by atomic mass is 14.8. The van der Waals surface area contributed by atoms with Gasteiger partial charge in [-0.15, -0.1) is 0 Å². The minimum absolute atomic E-state index is 0.571. The predicted molar refractivity (Wildman–Crippen MR) is 78.0 cm³/mol. The third kappa shape index (κ3) is 2.43. The molecule has 0 saturated heterocycles. The van der Waals surface area contributed by atoms with Gasteiger partial charge in [-0.05, 0) is 30.5 Å². The van der Waals surface area contributed by atoms with Crippen molar-refractivity contribution in [2.75, 3.05) is 7.05 Å². The van der Waals surface area contributed by atoms with E-state index < -0.39 is 0 Å². The molecule has 0 aliphatic rings. The number of hydrogen-bond donors (Lipinski definition) is 1. The first-order valence-corrected chi connectivity index (χ1v) is 6.02. The van der Waals surface area contributed by atoms with Gasteiger partial charge in [0.1, 0.15) is 5.84 Å². The van der Waals surface area contributed by atoms with Crippen molar-refractivity contribution < 1.29 is 0 Å². The lowest BCUT2D eigenvalue weighted by Gasteiger charge is -2.08. The van der Waals surface area contributed by atoms with E-state index >= 15 is 0 Å². The van der Waals surface area contributed by atoms with Crippen LogP contribution >= 0.6 is 0 Å². The number of aryl methyl sites for hydroxylation is 2. The Morgan fingerprint density at radius 1 is 1.00 bits per heavy atom. The molecule has 0 spiro atoms. The predicted octanol–water partition coefficient (Wildman–Crippen LogP) is 3.31. The van der Waals surface area contributed by atoms with Crippen LogP contribution in [0.4, 0.5) is 0 Å². The van der Waals surface area contributed by atoms with Crippen LogP contribution in [0.3, 0.4) is 0 Å². The van der Waals surface area contributed by atoms with Gasteiger partial charge >= 0.3 is 0 Å². The van der Waals surface area contributed by atoms with E-state index in [9.17, 15) is 0 Å². The Kier molecular flexibility index (Phi) is 3.47. The van der Waals surface area contributed by atoms with Crippen LogP contribution in [0.5, 0.6) is 0 Å². The van der Waals surface area contributed by atoms with Crippen molar-refractivity contribution in [3.05, 3.63) is 59.2 Å².